The van der Waals surface area contributed by atoms with Gasteiger partial charge in [-0.25, -0.2) is 0 Å². The predicted molar refractivity (Wildman–Crippen MR) is 52.1 cm³/mol. The largest absolute Gasteiger partial charge is 0.508 e. The molecule has 0 radical (unpaired) electrons. The van der Waals surface area contributed by atoms with Crippen LogP contribution in [-0.2, 0) is 0 Å². The molecule has 0 unspecified atom stereocenters. The third-order valence-corrected chi connectivity index (χ3v) is 2.00. The lowest BCUT2D eigenvalue weighted by molar-refractivity contribution is 0.475. The van der Waals surface area contributed by atoms with Crippen LogP contribution in [0, 0.1) is 0 Å². The molecule has 0 atom stereocenters. The Morgan fingerprint density at radius 3 is 2.58 bits per heavy atom. The van der Waals surface area contributed by atoms with Gasteiger partial charge in [-0.3, -0.25) is 0 Å². The third kappa shape index (κ3) is 2.05. The number of benzene rings is 1. The molecule has 0 saturated carbocycles. The van der Waals surface area contributed by atoms with E-state index in [2.05, 4.69) is 0 Å². The van der Waals surface area contributed by atoms with E-state index in [1.165, 1.54) is 6.07 Å². The molecule has 0 aliphatic carbocycles. The van der Waals surface area contributed by atoms with Gasteiger partial charge in [0, 0.05) is 30.4 Å². The predicted octanol–water partition coefficient (Wildman–Crippen LogP) is 2.50. The first-order valence-corrected chi connectivity index (χ1v) is 4.22. The van der Waals surface area contributed by atoms with Gasteiger partial charge in [0.15, 0.2) is 0 Å². The molecule has 0 aliphatic heterocycles. The molecule has 1 aromatic carbocycles. The molecule has 1 rings (SSSR count). The van der Waals surface area contributed by atoms with Crippen LogP contribution in [0.5, 0.6) is 5.75 Å². The summed E-state index contributed by atoms with van der Waals surface area (Å²) in [6, 6.07) is 5.04. The molecule has 2 nitrogen and oxygen atoms in total. The number of aromatic hydroxyl groups is 1. The van der Waals surface area contributed by atoms with Gasteiger partial charge in [-0.1, -0.05) is 11.6 Å². The minimum Gasteiger partial charge on any atom is -0.508 e. The van der Waals surface area contributed by atoms with Crippen molar-refractivity contribution in [2.75, 3.05) is 18.5 Å². The number of nitrogens with zero attached hydrogens (tertiary/aromatic N) is 1. The minimum absolute atomic E-state index is 0.206. The number of halogens is 1. The molecular weight excluding hydrogens is 174 g/mol. The zero-order valence-electron chi connectivity index (χ0n) is 7.21. The van der Waals surface area contributed by atoms with Gasteiger partial charge in [0.1, 0.15) is 5.75 Å². The Morgan fingerprint density at radius 2 is 2.08 bits per heavy atom. The van der Waals surface area contributed by atoms with Crippen LogP contribution in [0.15, 0.2) is 18.2 Å². The Balaban J connectivity index is 3.00. The summed E-state index contributed by atoms with van der Waals surface area (Å²) in [7, 11) is 1.95. The van der Waals surface area contributed by atoms with Gasteiger partial charge >= 0.3 is 0 Å². The Morgan fingerprint density at radius 1 is 1.42 bits per heavy atom. The number of phenols is 1. The van der Waals surface area contributed by atoms with E-state index in [0.717, 1.165) is 12.2 Å². The highest BCUT2D eigenvalue weighted by Crippen LogP contribution is 2.24. The van der Waals surface area contributed by atoms with Crippen LogP contribution < -0.4 is 4.90 Å². The van der Waals surface area contributed by atoms with Gasteiger partial charge in [0.05, 0.1) is 0 Å². The second kappa shape index (κ2) is 3.68. The van der Waals surface area contributed by atoms with Gasteiger partial charge < -0.3 is 10.0 Å². The molecule has 0 aromatic heterocycles. The van der Waals surface area contributed by atoms with E-state index in [9.17, 15) is 5.11 Å². The number of anilines is 1. The van der Waals surface area contributed by atoms with E-state index in [1.54, 1.807) is 6.07 Å². The number of phenolic OH excluding ortho intramolecular Hbond substituents is 1. The zero-order chi connectivity index (χ0) is 9.14. The molecule has 0 aliphatic rings. The van der Waals surface area contributed by atoms with Crippen molar-refractivity contribution in [1.29, 1.82) is 0 Å². The van der Waals surface area contributed by atoms with Crippen molar-refractivity contribution in [3.05, 3.63) is 23.2 Å². The highest BCUT2D eigenvalue weighted by molar-refractivity contribution is 6.31. The van der Waals surface area contributed by atoms with Crippen LogP contribution in [0.2, 0.25) is 5.02 Å². The van der Waals surface area contributed by atoms with Gasteiger partial charge in [-0.15, -0.1) is 0 Å². The highest BCUT2D eigenvalue weighted by atomic mass is 35.5. The van der Waals surface area contributed by atoms with Crippen molar-refractivity contribution in [1.82, 2.24) is 0 Å². The van der Waals surface area contributed by atoms with Gasteiger partial charge in [0.2, 0.25) is 0 Å². The summed E-state index contributed by atoms with van der Waals surface area (Å²) in [5, 5.41) is 9.79. The van der Waals surface area contributed by atoms with Crippen LogP contribution in [0.4, 0.5) is 5.69 Å². The maximum absolute atomic E-state index is 9.23. The lowest BCUT2D eigenvalue weighted by atomic mass is 10.3. The van der Waals surface area contributed by atoms with E-state index in [4.69, 9.17) is 11.6 Å². The van der Waals surface area contributed by atoms with Crippen molar-refractivity contribution in [2.24, 2.45) is 0 Å². The molecule has 0 saturated heterocycles. The summed E-state index contributed by atoms with van der Waals surface area (Å²) < 4.78 is 0. The Labute approximate surface area is 77.4 Å². The van der Waals surface area contributed by atoms with E-state index < -0.39 is 0 Å². The number of hydrogen-bond donors (Lipinski definition) is 1. The topological polar surface area (TPSA) is 23.5 Å². The summed E-state index contributed by atoms with van der Waals surface area (Å²) >= 11 is 5.76. The van der Waals surface area contributed by atoms with E-state index >= 15 is 0 Å². The van der Waals surface area contributed by atoms with Crippen molar-refractivity contribution in [2.45, 2.75) is 6.92 Å². The van der Waals surface area contributed by atoms with E-state index in [1.807, 2.05) is 24.9 Å². The van der Waals surface area contributed by atoms with Crippen molar-refractivity contribution in [3.8, 4) is 5.75 Å². The standard InChI is InChI=1S/C9H12ClNO/c1-3-11(2)8-4-7(10)5-9(12)6-8/h4-6,12H,3H2,1-2H3. The fourth-order valence-corrected chi connectivity index (χ4v) is 1.19. The average molecular weight is 186 g/mol. The van der Waals surface area contributed by atoms with E-state index in [0.29, 0.717) is 5.02 Å². The molecule has 1 N–H and O–H groups in total. The Kier molecular flexibility index (Phi) is 2.82. The molecule has 66 valence electrons. The molecule has 3 heteroatoms. The second-order valence-electron chi connectivity index (χ2n) is 2.68. The summed E-state index contributed by atoms with van der Waals surface area (Å²) in [6.45, 7) is 2.93. The van der Waals surface area contributed by atoms with Crippen LogP contribution in [-0.4, -0.2) is 18.7 Å². The van der Waals surface area contributed by atoms with Crippen LogP contribution >= 0.6 is 11.6 Å². The van der Waals surface area contributed by atoms with Crippen LogP contribution in [0.1, 0.15) is 6.92 Å². The monoisotopic (exact) mass is 185 g/mol. The van der Waals surface area contributed by atoms with Crippen molar-refractivity contribution >= 4 is 17.3 Å². The highest BCUT2D eigenvalue weighted by Gasteiger charge is 2.01. The Bertz CT molecular complexity index is 255. The first-order valence-electron chi connectivity index (χ1n) is 3.84. The summed E-state index contributed by atoms with van der Waals surface area (Å²) in [4.78, 5) is 2.01. The fraction of sp³-hybridized carbons (Fsp3) is 0.333. The van der Waals surface area contributed by atoms with Crippen LogP contribution in [0.25, 0.3) is 0 Å². The molecule has 0 bridgehead atoms. The van der Waals surface area contributed by atoms with E-state index in [-0.39, 0.29) is 5.75 Å². The van der Waals surface area contributed by atoms with Gasteiger partial charge in [0.25, 0.3) is 0 Å². The Hall–Kier alpha value is -0.890. The van der Waals surface area contributed by atoms with Gasteiger partial charge in [-0.05, 0) is 19.1 Å². The maximum Gasteiger partial charge on any atom is 0.119 e. The second-order valence-corrected chi connectivity index (χ2v) is 3.12. The molecule has 0 spiro atoms. The summed E-state index contributed by atoms with van der Waals surface area (Å²) in [6.07, 6.45) is 0. The summed E-state index contributed by atoms with van der Waals surface area (Å²) in [5.41, 5.74) is 0.933. The molecule has 0 heterocycles. The minimum atomic E-state index is 0.206. The number of rotatable bonds is 2. The first-order chi connectivity index (χ1) is 5.63. The first kappa shape index (κ1) is 9.20. The zero-order valence-corrected chi connectivity index (χ0v) is 7.97. The fourth-order valence-electron chi connectivity index (χ4n) is 0.962. The molecule has 12 heavy (non-hydrogen) atoms. The molecule has 0 amide bonds. The lowest BCUT2D eigenvalue weighted by Gasteiger charge is -2.16. The quantitative estimate of drug-likeness (QED) is 0.766. The summed E-state index contributed by atoms with van der Waals surface area (Å²) in [5.74, 6) is 0.206. The normalized spacial score (nSPS) is 9.92. The maximum atomic E-state index is 9.23. The van der Waals surface area contributed by atoms with Crippen LogP contribution in [0.3, 0.4) is 0 Å². The number of hydrogen-bond acceptors (Lipinski definition) is 2. The van der Waals surface area contributed by atoms with Gasteiger partial charge in [-0.2, -0.15) is 0 Å². The van der Waals surface area contributed by atoms with Crippen molar-refractivity contribution < 1.29 is 5.11 Å². The average Bonchev–Trinajstić information content (AvgIpc) is 2.01. The molecule has 0 fully saturated rings. The van der Waals surface area contributed by atoms with Crippen molar-refractivity contribution in [3.63, 3.8) is 0 Å². The lowest BCUT2D eigenvalue weighted by Crippen LogP contribution is -2.15. The molecular formula is C9H12ClNO. The SMILES string of the molecule is CCN(C)c1cc(O)cc(Cl)c1. The third-order valence-electron chi connectivity index (χ3n) is 1.78. The molecule has 1 aromatic rings. The smallest absolute Gasteiger partial charge is 0.119 e.